The number of thioether (sulfide) groups is 1. The molecule has 0 amide bonds. The van der Waals surface area contributed by atoms with Crippen molar-refractivity contribution in [2.24, 2.45) is 0 Å². The molecule has 1 aromatic heterocycles. The maximum atomic E-state index is 10.3. The lowest BCUT2D eigenvalue weighted by atomic mass is 9.95. The van der Waals surface area contributed by atoms with Crippen LogP contribution in [0.25, 0.3) is 21.6 Å². The first-order chi connectivity index (χ1) is 15.0. The second kappa shape index (κ2) is 9.31. The van der Waals surface area contributed by atoms with Crippen LogP contribution >= 0.6 is 23.1 Å². The van der Waals surface area contributed by atoms with Gasteiger partial charge in [0.1, 0.15) is 12.4 Å². The molecule has 0 radical (unpaired) electrons. The van der Waals surface area contributed by atoms with Gasteiger partial charge in [0.05, 0.1) is 5.60 Å². The fraction of sp³-hybridized carbons (Fsp3) is 0.185. The molecule has 4 rings (SSSR count). The molecule has 0 aliphatic carbocycles. The Kier molecular flexibility index (Phi) is 6.51. The average molecular weight is 447 g/mol. The van der Waals surface area contributed by atoms with Crippen LogP contribution in [0.3, 0.4) is 0 Å². The summed E-state index contributed by atoms with van der Waals surface area (Å²) in [6.45, 7) is 4.15. The van der Waals surface area contributed by atoms with E-state index in [0.29, 0.717) is 6.61 Å². The van der Waals surface area contributed by atoms with Crippen molar-refractivity contribution in [1.82, 2.24) is 0 Å². The van der Waals surface area contributed by atoms with E-state index in [2.05, 4.69) is 60.2 Å². The Hall–Kier alpha value is -2.53. The summed E-state index contributed by atoms with van der Waals surface area (Å²) >= 11 is 3.45. The molecule has 31 heavy (non-hydrogen) atoms. The molecule has 4 aromatic rings. The van der Waals surface area contributed by atoms with Crippen LogP contribution in [0.5, 0.6) is 5.75 Å². The molecule has 0 fully saturated rings. The summed E-state index contributed by atoms with van der Waals surface area (Å²) in [5.41, 5.74) is 4.62. The van der Waals surface area contributed by atoms with Crippen molar-refractivity contribution in [2.45, 2.75) is 31.0 Å². The van der Waals surface area contributed by atoms with Gasteiger partial charge in [0.15, 0.2) is 0 Å². The van der Waals surface area contributed by atoms with Crippen LogP contribution in [0.15, 0.2) is 89.1 Å². The van der Waals surface area contributed by atoms with Gasteiger partial charge < -0.3 is 9.84 Å². The average Bonchev–Trinajstić information content (AvgIpc) is 3.27. The first-order valence-corrected chi connectivity index (χ1v) is 12.3. The third-order valence-electron chi connectivity index (χ3n) is 5.23. The second-order valence-corrected chi connectivity index (χ2v) is 9.73. The van der Waals surface area contributed by atoms with Crippen molar-refractivity contribution < 1.29 is 9.84 Å². The van der Waals surface area contributed by atoms with E-state index >= 15 is 0 Å². The topological polar surface area (TPSA) is 29.5 Å². The summed E-state index contributed by atoms with van der Waals surface area (Å²) in [7, 11) is 0. The van der Waals surface area contributed by atoms with E-state index in [9.17, 15) is 5.11 Å². The number of hydrogen-bond acceptors (Lipinski definition) is 4. The third-order valence-corrected chi connectivity index (χ3v) is 6.92. The molecule has 1 N–H and O–H groups in total. The maximum absolute atomic E-state index is 10.3. The van der Waals surface area contributed by atoms with E-state index in [1.54, 1.807) is 23.1 Å². The quantitative estimate of drug-likeness (QED) is 0.296. The minimum Gasteiger partial charge on any atom is -0.488 e. The lowest BCUT2D eigenvalue weighted by Gasteiger charge is -2.18. The molecule has 0 unspecified atom stereocenters. The zero-order valence-corrected chi connectivity index (χ0v) is 19.6. The largest absolute Gasteiger partial charge is 0.488 e. The van der Waals surface area contributed by atoms with Crippen LogP contribution in [-0.4, -0.2) is 11.4 Å². The van der Waals surface area contributed by atoms with Crippen LogP contribution < -0.4 is 4.74 Å². The van der Waals surface area contributed by atoms with Gasteiger partial charge >= 0.3 is 0 Å². The smallest absolute Gasteiger partial charge is 0.127 e. The van der Waals surface area contributed by atoms with Crippen LogP contribution in [0.1, 0.15) is 25.0 Å². The highest BCUT2D eigenvalue weighted by Crippen LogP contribution is 2.42. The van der Waals surface area contributed by atoms with Crippen molar-refractivity contribution in [3.8, 4) is 27.3 Å². The van der Waals surface area contributed by atoms with Crippen molar-refractivity contribution in [2.75, 3.05) is 6.26 Å². The lowest BCUT2D eigenvalue weighted by molar-refractivity contribution is 0.0786. The van der Waals surface area contributed by atoms with E-state index in [0.717, 1.165) is 28.0 Å². The fourth-order valence-corrected chi connectivity index (χ4v) is 4.84. The van der Waals surface area contributed by atoms with Gasteiger partial charge in [0.2, 0.25) is 0 Å². The number of thiophene rings is 1. The van der Waals surface area contributed by atoms with Gasteiger partial charge in [-0.05, 0) is 66.4 Å². The van der Waals surface area contributed by atoms with E-state index in [-0.39, 0.29) is 0 Å². The Labute approximate surface area is 192 Å². The normalized spacial score (nSPS) is 11.5. The molecule has 1 heterocycles. The predicted octanol–water partition coefficient (Wildman–Crippen LogP) is 7.61. The van der Waals surface area contributed by atoms with Crippen LogP contribution in [0.4, 0.5) is 0 Å². The monoisotopic (exact) mass is 446 g/mol. The highest BCUT2D eigenvalue weighted by Gasteiger charge is 2.18. The minimum atomic E-state index is -0.845. The number of rotatable bonds is 7. The van der Waals surface area contributed by atoms with E-state index < -0.39 is 5.60 Å². The molecular formula is C27H26O2S2. The molecule has 158 valence electrons. The molecule has 0 bridgehead atoms. The first-order valence-electron chi connectivity index (χ1n) is 10.2. The van der Waals surface area contributed by atoms with Gasteiger partial charge in [-0.15, -0.1) is 23.1 Å². The highest BCUT2D eigenvalue weighted by atomic mass is 32.2. The highest BCUT2D eigenvalue weighted by molar-refractivity contribution is 7.98. The zero-order chi connectivity index (χ0) is 21.8. The number of benzene rings is 3. The van der Waals surface area contributed by atoms with Crippen LogP contribution in [0.2, 0.25) is 0 Å². The molecule has 0 aliphatic heterocycles. The van der Waals surface area contributed by atoms with E-state index in [1.165, 1.54) is 15.3 Å². The van der Waals surface area contributed by atoms with Crippen molar-refractivity contribution in [3.63, 3.8) is 0 Å². The summed E-state index contributed by atoms with van der Waals surface area (Å²) in [5, 5.41) is 12.4. The molecule has 2 nitrogen and oxygen atoms in total. The molecule has 0 spiro atoms. The fourth-order valence-electron chi connectivity index (χ4n) is 3.48. The second-order valence-electron chi connectivity index (χ2n) is 7.94. The Morgan fingerprint density at radius 2 is 1.65 bits per heavy atom. The molecule has 0 atom stereocenters. The van der Waals surface area contributed by atoms with Crippen molar-refractivity contribution >= 4 is 23.1 Å². The van der Waals surface area contributed by atoms with Crippen LogP contribution in [0, 0.1) is 0 Å². The summed E-state index contributed by atoms with van der Waals surface area (Å²) in [6, 6.07) is 27.0. The summed E-state index contributed by atoms with van der Waals surface area (Å²) in [5.74, 6) is 0.884. The Bertz CT molecular complexity index is 1140. The Morgan fingerprint density at radius 3 is 2.32 bits per heavy atom. The Balaban J connectivity index is 1.70. The van der Waals surface area contributed by atoms with Gasteiger partial charge in [-0.3, -0.25) is 0 Å². The minimum absolute atomic E-state index is 0.534. The van der Waals surface area contributed by atoms with E-state index in [4.69, 9.17) is 4.74 Å². The Morgan fingerprint density at radius 1 is 0.903 bits per heavy atom. The summed E-state index contributed by atoms with van der Waals surface area (Å²) in [6.07, 6.45) is 2.09. The molecule has 0 aliphatic rings. The van der Waals surface area contributed by atoms with Crippen molar-refractivity contribution in [1.29, 1.82) is 0 Å². The summed E-state index contributed by atoms with van der Waals surface area (Å²) < 4.78 is 6.26. The molecule has 0 saturated heterocycles. The van der Waals surface area contributed by atoms with Gasteiger partial charge in [0, 0.05) is 20.9 Å². The number of aliphatic hydroxyl groups is 1. The summed E-state index contributed by atoms with van der Waals surface area (Å²) in [4.78, 5) is 2.40. The zero-order valence-electron chi connectivity index (χ0n) is 18.0. The van der Waals surface area contributed by atoms with Crippen molar-refractivity contribution in [3.05, 3.63) is 95.4 Å². The third kappa shape index (κ3) is 5.04. The molecule has 3 aromatic carbocycles. The van der Waals surface area contributed by atoms with Gasteiger partial charge in [-0.2, -0.15) is 0 Å². The number of ether oxygens (including phenoxy) is 1. The maximum Gasteiger partial charge on any atom is 0.127 e. The first kappa shape index (κ1) is 21.7. The SMILES string of the molecule is CSc1ccc(OCc2ccccc2)c(-c2ccsc2-c2ccc(C(C)(C)O)cc2)c1. The van der Waals surface area contributed by atoms with Gasteiger partial charge in [-0.25, -0.2) is 0 Å². The number of hydrogen-bond donors (Lipinski definition) is 1. The molecule has 4 heteroatoms. The standard InChI is InChI=1S/C27H26O2S2/c1-27(2,28)21-11-9-20(10-12-21)26-23(15-16-31-26)24-17-22(30-3)13-14-25(24)29-18-19-7-5-4-6-8-19/h4-17,28H,18H2,1-3H3. The van der Waals surface area contributed by atoms with E-state index in [1.807, 2.05) is 44.2 Å². The predicted molar refractivity (Wildman–Crippen MR) is 133 cm³/mol. The van der Waals surface area contributed by atoms with Crippen LogP contribution in [-0.2, 0) is 12.2 Å². The lowest BCUT2D eigenvalue weighted by Crippen LogP contribution is -2.14. The molecule has 0 saturated carbocycles. The van der Waals surface area contributed by atoms with Gasteiger partial charge in [-0.1, -0.05) is 54.6 Å². The molecular weight excluding hydrogens is 420 g/mol. The van der Waals surface area contributed by atoms with Gasteiger partial charge in [0.25, 0.3) is 0 Å².